The summed E-state index contributed by atoms with van der Waals surface area (Å²) in [5, 5.41) is 2.61. The highest BCUT2D eigenvalue weighted by atomic mass is 32.1. The molecule has 0 aliphatic heterocycles. The number of nitrogens with zero attached hydrogens (tertiary/aromatic N) is 1. The zero-order chi connectivity index (χ0) is 13.8. The van der Waals surface area contributed by atoms with E-state index in [9.17, 15) is 0 Å². The lowest BCUT2D eigenvalue weighted by molar-refractivity contribution is 0.309. The van der Waals surface area contributed by atoms with E-state index in [2.05, 4.69) is 61.3 Å². The molecule has 0 aliphatic carbocycles. The topological polar surface area (TPSA) is 29.3 Å². The van der Waals surface area contributed by atoms with Gasteiger partial charge in [-0.25, -0.2) is 0 Å². The molecule has 2 rings (SSSR count). The van der Waals surface area contributed by atoms with Gasteiger partial charge >= 0.3 is 0 Å². The fourth-order valence-corrected chi connectivity index (χ4v) is 2.42. The average molecular weight is 272 g/mol. The Morgan fingerprint density at radius 2 is 1.89 bits per heavy atom. The zero-order valence-electron chi connectivity index (χ0n) is 11.5. The first-order chi connectivity index (χ1) is 9.08. The van der Waals surface area contributed by atoms with E-state index in [1.807, 2.05) is 0 Å². The molecule has 2 aromatic carbocycles. The van der Waals surface area contributed by atoms with Gasteiger partial charge in [-0.1, -0.05) is 61.6 Å². The van der Waals surface area contributed by atoms with Crippen LogP contribution < -0.4 is 5.73 Å². The van der Waals surface area contributed by atoms with Crippen LogP contribution in [0.4, 0.5) is 0 Å². The molecule has 0 bridgehead atoms. The molecule has 0 saturated heterocycles. The van der Waals surface area contributed by atoms with Crippen molar-refractivity contribution >= 4 is 28.0 Å². The van der Waals surface area contributed by atoms with Gasteiger partial charge in [-0.15, -0.1) is 0 Å². The van der Waals surface area contributed by atoms with E-state index in [0.29, 0.717) is 4.99 Å². The molecule has 0 aliphatic rings. The minimum Gasteiger partial charge on any atom is -0.393 e. The second kappa shape index (κ2) is 6.13. The zero-order valence-corrected chi connectivity index (χ0v) is 12.3. The van der Waals surface area contributed by atoms with Crippen LogP contribution >= 0.6 is 12.2 Å². The van der Waals surface area contributed by atoms with E-state index in [1.165, 1.54) is 16.3 Å². The summed E-state index contributed by atoms with van der Waals surface area (Å²) in [5.74, 6) is 0.245. The Hall–Kier alpha value is -1.45. The molecule has 1 unspecified atom stereocenters. The number of rotatable bonds is 5. The third-order valence-corrected chi connectivity index (χ3v) is 3.79. The average Bonchev–Trinajstić information content (AvgIpc) is 2.39. The molecule has 3 heteroatoms. The van der Waals surface area contributed by atoms with Crippen molar-refractivity contribution in [1.29, 1.82) is 0 Å². The van der Waals surface area contributed by atoms with Gasteiger partial charge in [0.1, 0.15) is 0 Å². The summed E-state index contributed by atoms with van der Waals surface area (Å²) >= 11 is 5.03. The van der Waals surface area contributed by atoms with E-state index in [0.717, 1.165) is 13.1 Å². The Morgan fingerprint density at radius 1 is 1.21 bits per heavy atom. The molecule has 0 spiro atoms. The minimum atomic E-state index is 0.245. The lowest BCUT2D eigenvalue weighted by Gasteiger charge is -2.21. The smallest absolute Gasteiger partial charge is 0.0768 e. The van der Waals surface area contributed by atoms with Crippen LogP contribution in [0.15, 0.2) is 42.5 Å². The Labute approximate surface area is 120 Å². The molecule has 0 radical (unpaired) electrons. The van der Waals surface area contributed by atoms with E-state index >= 15 is 0 Å². The van der Waals surface area contributed by atoms with Gasteiger partial charge in [-0.05, 0) is 23.4 Å². The molecule has 0 heterocycles. The number of benzene rings is 2. The van der Waals surface area contributed by atoms with Gasteiger partial charge in [0.15, 0.2) is 0 Å². The predicted molar refractivity (Wildman–Crippen MR) is 86.2 cm³/mol. The molecule has 0 fully saturated rings. The Balaban J connectivity index is 2.15. The van der Waals surface area contributed by atoms with Gasteiger partial charge in [-0.2, -0.15) is 0 Å². The van der Waals surface area contributed by atoms with Gasteiger partial charge in [0.25, 0.3) is 0 Å². The van der Waals surface area contributed by atoms with E-state index in [1.54, 1.807) is 0 Å². The van der Waals surface area contributed by atoms with Gasteiger partial charge in [-0.3, -0.25) is 0 Å². The fraction of sp³-hybridized carbons (Fsp3) is 0.312. The van der Waals surface area contributed by atoms with Crippen molar-refractivity contribution < 1.29 is 0 Å². The number of hydrogen-bond acceptors (Lipinski definition) is 2. The maximum absolute atomic E-state index is 5.67. The monoisotopic (exact) mass is 272 g/mol. The predicted octanol–water partition coefficient (Wildman–Crippen LogP) is 3.19. The first-order valence-electron chi connectivity index (χ1n) is 6.52. The Morgan fingerprint density at radius 3 is 2.63 bits per heavy atom. The van der Waals surface area contributed by atoms with Gasteiger partial charge < -0.3 is 10.6 Å². The third kappa shape index (κ3) is 3.52. The molecule has 2 nitrogen and oxygen atoms in total. The number of fused-ring (bicyclic) bond motifs is 1. The standard InChI is InChI=1S/C16H20N2S/c1-12(16(17)19)10-18(2)11-14-8-5-7-13-6-3-4-9-15(13)14/h3-9,12H,10-11H2,1-2H3,(H2,17,19). The van der Waals surface area contributed by atoms with Crippen LogP contribution in [0.2, 0.25) is 0 Å². The Kier molecular flexibility index (Phi) is 4.51. The lowest BCUT2D eigenvalue weighted by Crippen LogP contribution is -2.31. The molecule has 19 heavy (non-hydrogen) atoms. The summed E-state index contributed by atoms with van der Waals surface area (Å²) in [6.07, 6.45) is 0. The quantitative estimate of drug-likeness (QED) is 0.848. The van der Waals surface area contributed by atoms with Crippen molar-refractivity contribution in [3.63, 3.8) is 0 Å². The van der Waals surface area contributed by atoms with Crippen LogP contribution in [0, 0.1) is 5.92 Å². The molecule has 0 saturated carbocycles. The summed E-state index contributed by atoms with van der Waals surface area (Å²) in [4.78, 5) is 2.86. The SMILES string of the molecule is CC(CN(C)Cc1cccc2ccccc12)C(N)=S. The number of nitrogens with two attached hydrogens (primary N) is 1. The van der Waals surface area contributed by atoms with E-state index in [4.69, 9.17) is 18.0 Å². The maximum Gasteiger partial charge on any atom is 0.0768 e. The van der Waals surface area contributed by atoms with Crippen LogP contribution in [0.1, 0.15) is 12.5 Å². The summed E-state index contributed by atoms with van der Waals surface area (Å²) < 4.78 is 0. The lowest BCUT2D eigenvalue weighted by atomic mass is 10.0. The van der Waals surface area contributed by atoms with Crippen LogP contribution in [0.5, 0.6) is 0 Å². The van der Waals surface area contributed by atoms with Crippen molar-refractivity contribution in [2.75, 3.05) is 13.6 Å². The molecule has 0 aromatic heterocycles. The molecule has 100 valence electrons. The highest BCUT2D eigenvalue weighted by Crippen LogP contribution is 2.19. The van der Waals surface area contributed by atoms with Crippen molar-refractivity contribution in [2.24, 2.45) is 11.7 Å². The first kappa shape index (κ1) is 14.0. The largest absolute Gasteiger partial charge is 0.393 e. The number of hydrogen-bond donors (Lipinski definition) is 1. The molecular formula is C16H20N2S. The summed E-state index contributed by atoms with van der Waals surface area (Å²) in [5.41, 5.74) is 7.02. The van der Waals surface area contributed by atoms with Crippen molar-refractivity contribution in [3.8, 4) is 0 Å². The second-order valence-corrected chi connectivity index (χ2v) is 5.61. The highest BCUT2D eigenvalue weighted by Gasteiger charge is 2.10. The van der Waals surface area contributed by atoms with Crippen LogP contribution in [-0.4, -0.2) is 23.5 Å². The van der Waals surface area contributed by atoms with Crippen molar-refractivity contribution in [2.45, 2.75) is 13.5 Å². The molecule has 2 N–H and O–H groups in total. The van der Waals surface area contributed by atoms with Gasteiger partial charge in [0.2, 0.25) is 0 Å². The minimum absolute atomic E-state index is 0.245. The van der Waals surface area contributed by atoms with Crippen LogP contribution in [-0.2, 0) is 6.54 Å². The highest BCUT2D eigenvalue weighted by molar-refractivity contribution is 7.80. The normalized spacial score (nSPS) is 12.8. The molecule has 1 atom stereocenters. The number of thiocarbonyl (C=S) groups is 1. The first-order valence-corrected chi connectivity index (χ1v) is 6.93. The van der Waals surface area contributed by atoms with Crippen LogP contribution in [0.3, 0.4) is 0 Å². The molecular weight excluding hydrogens is 252 g/mol. The second-order valence-electron chi connectivity index (χ2n) is 5.14. The third-order valence-electron chi connectivity index (χ3n) is 3.39. The van der Waals surface area contributed by atoms with E-state index < -0.39 is 0 Å². The maximum atomic E-state index is 5.67. The van der Waals surface area contributed by atoms with Crippen molar-refractivity contribution in [3.05, 3.63) is 48.0 Å². The fourth-order valence-electron chi connectivity index (χ4n) is 2.34. The summed E-state index contributed by atoms with van der Waals surface area (Å²) in [6, 6.07) is 14.9. The Bertz CT molecular complexity index is 574. The summed E-state index contributed by atoms with van der Waals surface area (Å²) in [6.45, 7) is 3.87. The summed E-state index contributed by atoms with van der Waals surface area (Å²) in [7, 11) is 2.11. The van der Waals surface area contributed by atoms with Gasteiger partial charge in [0.05, 0.1) is 4.99 Å². The van der Waals surface area contributed by atoms with Crippen LogP contribution in [0.25, 0.3) is 10.8 Å². The molecule has 0 amide bonds. The molecule has 2 aromatic rings. The van der Waals surface area contributed by atoms with Gasteiger partial charge in [0, 0.05) is 19.0 Å². The van der Waals surface area contributed by atoms with E-state index in [-0.39, 0.29) is 5.92 Å². The van der Waals surface area contributed by atoms with Crippen molar-refractivity contribution in [1.82, 2.24) is 4.90 Å².